The van der Waals surface area contributed by atoms with Crippen molar-refractivity contribution < 1.29 is 9.84 Å². The zero-order chi connectivity index (χ0) is 9.80. The van der Waals surface area contributed by atoms with Crippen LogP contribution in [0.1, 0.15) is 5.56 Å². The van der Waals surface area contributed by atoms with Crippen LogP contribution in [0.25, 0.3) is 0 Å². The van der Waals surface area contributed by atoms with Crippen LogP contribution in [-0.2, 0) is 11.3 Å². The van der Waals surface area contributed by atoms with Gasteiger partial charge in [0, 0.05) is 18.9 Å². The van der Waals surface area contributed by atoms with Crippen LogP contribution in [0.2, 0.25) is 0 Å². The molecular weight excluding hydrogens is 180 g/mol. The van der Waals surface area contributed by atoms with Crippen LogP contribution in [0.5, 0.6) is 0 Å². The van der Waals surface area contributed by atoms with E-state index in [9.17, 15) is 5.11 Å². The predicted octanol–water partition coefficient (Wildman–Crippen LogP) is -0.0691. The number of aliphatic hydroxyl groups is 1. The van der Waals surface area contributed by atoms with Gasteiger partial charge in [-0.3, -0.25) is 4.98 Å². The Bertz CT molecular complexity index is 279. The van der Waals surface area contributed by atoms with Crippen molar-refractivity contribution in [2.75, 3.05) is 13.2 Å². The van der Waals surface area contributed by atoms with Crippen molar-refractivity contribution in [2.45, 2.75) is 18.7 Å². The summed E-state index contributed by atoms with van der Waals surface area (Å²) in [5.74, 6) is 0. The lowest BCUT2D eigenvalue weighted by Gasteiger charge is -2.14. The SMILES string of the molecule is O[C@@H]1COC[C@H]1NCc1ccncc1. The van der Waals surface area contributed by atoms with E-state index in [1.54, 1.807) is 12.4 Å². The maximum absolute atomic E-state index is 9.47. The van der Waals surface area contributed by atoms with Gasteiger partial charge in [-0.1, -0.05) is 0 Å². The first-order valence-electron chi connectivity index (χ1n) is 4.74. The monoisotopic (exact) mass is 194 g/mol. The summed E-state index contributed by atoms with van der Waals surface area (Å²) >= 11 is 0. The van der Waals surface area contributed by atoms with Crippen LogP contribution < -0.4 is 5.32 Å². The van der Waals surface area contributed by atoms with E-state index in [-0.39, 0.29) is 12.1 Å². The molecule has 4 heteroatoms. The maximum Gasteiger partial charge on any atom is 0.0948 e. The third kappa shape index (κ3) is 2.29. The minimum atomic E-state index is -0.378. The molecule has 2 N–H and O–H groups in total. The number of pyridine rings is 1. The molecule has 4 nitrogen and oxygen atoms in total. The molecule has 0 unspecified atom stereocenters. The summed E-state index contributed by atoms with van der Waals surface area (Å²) in [6.45, 7) is 1.77. The van der Waals surface area contributed by atoms with Crippen molar-refractivity contribution in [2.24, 2.45) is 0 Å². The number of nitrogens with zero attached hydrogens (tertiary/aromatic N) is 1. The Balaban J connectivity index is 1.82. The average molecular weight is 194 g/mol. The summed E-state index contributed by atoms with van der Waals surface area (Å²) in [5, 5.41) is 12.7. The van der Waals surface area contributed by atoms with E-state index >= 15 is 0 Å². The van der Waals surface area contributed by atoms with Gasteiger partial charge in [-0.05, 0) is 17.7 Å². The zero-order valence-corrected chi connectivity index (χ0v) is 7.89. The number of aromatic nitrogens is 1. The number of hydrogen-bond acceptors (Lipinski definition) is 4. The van der Waals surface area contributed by atoms with E-state index in [2.05, 4.69) is 10.3 Å². The second-order valence-electron chi connectivity index (χ2n) is 3.45. The number of nitrogens with one attached hydrogen (secondary N) is 1. The third-order valence-corrected chi connectivity index (χ3v) is 2.37. The number of hydrogen-bond donors (Lipinski definition) is 2. The van der Waals surface area contributed by atoms with Gasteiger partial charge in [0.1, 0.15) is 0 Å². The molecule has 0 saturated carbocycles. The summed E-state index contributed by atoms with van der Waals surface area (Å²) in [4.78, 5) is 3.94. The van der Waals surface area contributed by atoms with Gasteiger partial charge in [0.05, 0.1) is 25.4 Å². The van der Waals surface area contributed by atoms with Gasteiger partial charge in [-0.15, -0.1) is 0 Å². The standard InChI is InChI=1S/C10H14N2O2/c13-10-7-14-6-9(10)12-5-8-1-3-11-4-2-8/h1-4,9-10,12-13H,5-7H2/t9-,10-/m1/s1. The molecule has 1 aliphatic rings. The predicted molar refractivity (Wildman–Crippen MR) is 51.7 cm³/mol. The fourth-order valence-electron chi connectivity index (χ4n) is 1.49. The molecule has 0 spiro atoms. The summed E-state index contributed by atoms with van der Waals surface area (Å²) < 4.78 is 5.13. The lowest BCUT2D eigenvalue weighted by Crippen LogP contribution is -2.38. The highest BCUT2D eigenvalue weighted by molar-refractivity contribution is 5.09. The van der Waals surface area contributed by atoms with Gasteiger partial charge in [0.25, 0.3) is 0 Å². The molecule has 1 aromatic rings. The number of ether oxygens (including phenoxy) is 1. The van der Waals surface area contributed by atoms with Crippen molar-refractivity contribution in [1.29, 1.82) is 0 Å². The molecule has 1 fully saturated rings. The van der Waals surface area contributed by atoms with Gasteiger partial charge in [0.15, 0.2) is 0 Å². The van der Waals surface area contributed by atoms with Crippen LogP contribution in [0, 0.1) is 0 Å². The molecule has 1 aromatic heterocycles. The highest BCUT2D eigenvalue weighted by Gasteiger charge is 2.25. The second-order valence-corrected chi connectivity index (χ2v) is 3.45. The molecule has 0 bridgehead atoms. The Labute approximate surface area is 82.9 Å². The van der Waals surface area contributed by atoms with Crippen molar-refractivity contribution >= 4 is 0 Å². The van der Waals surface area contributed by atoms with Gasteiger partial charge < -0.3 is 15.2 Å². The normalized spacial score (nSPS) is 26.6. The molecule has 1 saturated heterocycles. The Morgan fingerprint density at radius 1 is 1.43 bits per heavy atom. The van der Waals surface area contributed by atoms with E-state index in [1.165, 1.54) is 5.56 Å². The number of rotatable bonds is 3. The summed E-state index contributed by atoms with van der Waals surface area (Å²) in [6, 6.07) is 3.97. The van der Waals surface area contributed by atoms with E-state index in [1.807, 2.05) is 12.1 Å². The van der Waals surface area contributed by atoms with E-state index in [0.717, 1.165) is 6.54 Å². The summed E-state index contributed by atoms with van der Waals surface area (Å²) in [5.41, 5.74) is 1.17. The lowest BCUT2D eigenvalue weighted by molar-refractivity contribution is 0.122. The topological polar surface area (TPSA) is 54.4 Å². The molecule has 2 atom stereocenters. The van der Waals surface area contributed by atoms with Crippen LogP contribution in [0.3, 0.4) is 0 Å². The minimum Gasteiger partial charge on any atom is -0.389 e. The molecule has 76 valence electrons. The Hall–Kier alpha value is -0.970. The lowest BCUT2D eigenvalue weighted by atomic mass is 10.2. The largest absolute Gasteiger partial charge is 0.389 e. The maximum atomic E-state index is 9.47. The van der Waals surface area contributed by atoms with Crippen LogP contribution in [0.4, 0.5) is 0 Å². The molecule has 1 aliphatic heterocycles. The van der Waals surface area contributed by atoms with Crippen molar-refractivity contribution in [3.63, 3.8) is 0 Å². The fraction of sp³-hybridized carbons (Fsp3) is 0.500. The first-order chi connectivity index (χ1) is 6.86. The molecular formula is C10H14N2O2. The van der Waals surface area contributed by atoms with Gasteiger partial charge in [-0.25, -0.2) is 0 Å². The Morgan fingerprint density at radius 3 is 2.86 bits per heavy atom. The molecule has 2 heterocycles. The summed E-state index contributed by atoms with van der Waals surface area (Å²) in [7, 11) is 0. The van der Waals surface area contributed by atoms with Gasteiger partial charge in [0.2, 0.25) is 0 Å². The average Bonchev–Trinajstić information content (AvgIpc) is 2.63. The van der Waals surface area contributed by atoms with Crippen LogP contribution >= 0.6 is 0 Å². The summed E-state index contributed by atoms with van der Waals surface area (Å²) in [6.07, 6.45) is 3.15. The van der Waals surface area contributed by atoms with Crippen molar-refractivity contribution in [3.8, 4) is 0 Å². The molecule has 0 aliphatic carbocycles. The van der Waals surface area contributed by atoms with Gasteiger partial charge >= 0.3 is 0 Å². The van der Waals surface area contributed by atoms with E-state index in [4.69, 9.17) is 4.74 Å². The van der Waals surface area contributed by atoms with Crippen molar-refractivity contribution in [3.05, 3.63) is 30.1 Å². The number of aliphatic hydroxyl groups excluding tert-OH is 1. The molecule has 2 rings (SSSR count). The molecule has 0 aromatic carbocycles. The molecule has 0 amide bonds. The minimum absolute atomic E-state index is 0.0585. The molecule has 14 heavy (non-hydrogen) atoms. The Morgan fingerprint density at radius 2 is 2.21 bits per heavy atom. The highest BCUT2D eigenvalue weighted by atomic mass is 16.5. The second kappa shape index (κ2) is 4.50. The quantitative estimate of drug-likeness (QED) is 0.707. The van der Waals surface area contributed by atoms with Crippen LogP contribution in [-0.4, -0.2) is 35.5 Å². The zero-order valence-electron chi connectivity index (χ0n) is 7.89. The van der Waals surface area contributed by atoms with E-state index < -0.39 is 0 Å². The Kier molecular flexibility index (Phi) is 3.08. The first-order valence-corrected chi connectivity index (χ1v) is 4.74. The fourth-order valence-corrected chi connectivity index (χ4v) is 1.49. The first kappa shape index (κ1) is 9.58. The van der Waals surface area contributed by atoms with E-state index in [0.29, 0.717) is 13.2 Å². The molecule has 0 radical (unpaired) electrons. The third-order valence-electron chi connectivity index (χ3n) is 2.37. The van der Waals surface area contributed by atoms with Crippen molar-refractivity contribution in [1.82, 2.24) is 10.3 Å². The van der Waals surface area contributed by atoms with Gasteiger partial charge in [-0.2, -0.15) is 0 Å². The van der Waals surface area contributed by atoms with Crippen LogP contribution in [0.15, 0.2) is 24.5 Å². The smallest absolute Gasteiger partial charge is 0.0948 e. The highest BCUT2D eigenvalue weighted by Crippen LogP contribution is 2.06.